The summed E-state index contributed by atoms with van der Waals surface area (Å²) in [7, 11) is -3.67. The number of hydrogen-bond acceptors (Lipinski definition) is 5. The van der Waals surface area contributed by atoms with E-state index in [2.05, 4.69) is 4.72 Å². The fraction of sp³-hybridized carbons (Fsp3) is 0.400. The van der Waals surface area contributed by atoms with E-state index in [0.29, 0.717) is 11.0 Å². The first-order chi connectivity index (χ1) is 10.4. The van der Waals surface area contributed by atoms with Crippen molar-refractivity contribution in [3.05, 3.63) is 40.8 Å². The van der Waals surface area contributed by atoms with Gasteiger partial charge in [0.2, 0.25) is 10.0 Å². The maximum atomic E-state index is 12.6. The molecule has 0 bridgehead atoms. The molecule has 0 radical (unpaired) electrons. The molecule has 0 unspecified atom stereocenters. The minimum atomic E-state index is -3.67. The Labute approximate surface area is 128 Å². The first-order valence-corrected chi connectivity index (χ1v) is 8.70. The summed E-state index contributed by atoms with van der Waals surface area (Å²) in [4.78, 5) is 11.3. The molecule has 1 aliphatic carbocycles. The zero-order valence-electron chi connectivity index (χ0n) is 12.0. The Bertz CT molecular complexity index is 851. The Morgan fingerprint density at radius 3 is 2.59 bits per heavy atom. The highest BCUT2D eigenvalue weighted by Gasteiger charge is 2.36. The second-order valence-electron chi connectivity index (χ2n) is 5.75. The van der Waals surface area contributed by atoms with E-state index in [9.17, 15) is 13.2 Å². The van der Waals surface area contributed by atoms with Crippen LogP contribution in [0.15, 0.2) is 44.4 Å². The maximum Gasteiger partial charge on any atom is 0.336 e. The molecule has 118 valence electrons. The lowest BCUT2D eigenvalue weighted by Crippen LogP contribution is -2.51. The highest BCUT2D eigenvalue weighted by molar-refractivity contribution is 7.89. The van der Waals surface area contributed by atoms with Gasteiger partial charge in [0, 0.05) is 23.5 Å². The first-order valence-electron chi connectivity index (χ1n) is 7.22. The summed E-state index contributed by atoms with van der Waals surface area (Å²) in [5, 5.41) is 0.565. The van der Waals surface area contributed by atoms with Crippen molar-refractivity contribution in [3.63, 3.8) is 0 Å². The second kappa shape index (κ2) is 5.49. The molecule has 6 nitrogen and oxygen atoms in total. The first kappa shape index (κ1) is 15.2. The third-order valence-electron chi connectivity index (χ3n) is 4.20. The Balaban J connectivity index is 1.98. The summed E-state index contributed by atoms with van der Waals surface area (Å²) in [6, 6.07) is 7.25. The van der Waals surface area contributed by atoms with Gasteiger partial charge in [-0.3, -0.25) is 0 Å². The van der Waals surface area contributed by atoms with Crippen LogP contribution in [-0.2, 0) is 10.0 Å². The van der Waals surface area contributed by atoms with Crippen LogP contribution in [0.5, 0.6) is 0 Å². The Morgan fingerprint density at radius 1 is 1.18 bits per heavy atom. The van der Waals surface area contributed by atoms with E-state index in [-0.39, 0.29) is 11.4 Å². The number of benzene rings is 1. The second-order valence-corrected chi connectivity index (χ2v) is 7.43. The van der Waals surface area contributed by atoms with Gasteiger partial charge >= 0.3 is 5.63 Å². The van der Waals surface area contributed by atoms with Crippen LogP contribution >= 0.6 is 0 Å². The molecule has 1 aromatic carbocycles. The van der Waals surface area contributed by atoms with Gasteiger partial charge in [0.25, 0.3) is 0 Å². The molecule has 0 atom stereocenters. The number of rotatable bonds is 4. The molecule has 7 heteroatoms. The van der Waals surface area contributed by atoms with E-state index in [1.807, 2.05) is 0 Å². The lowest BCUT2D eigenvalue weighted by Gasteiger charge is -2.28. The van der Waals surface area contributed by atoms with Crippen LogP contribution in [0.25, 0.3) is 11.0 Å². The molecule has 3 N–H and O–H groups in total. The SMILES string of the molecule is NCC1(NS(=O)(=O)c2ccc3oc(=O)ccc3c2)CCCC1. The normalized spacial score (nSPS) is 17.9. The van der Waals surface area contributed by atoms with Gasteiger partial charge in [-0.2, -0.15) is 0 Å². The van der Waals surface area contributed by atoms with Crippen molar-refractivity contribution in [2.45, 2.75) is 36.1 Å². The van der Waals surface area contributed by atoms with Crippen LogP contribution in [0.4, 0.5) is 0 Å². The molecule has 1 heterocycles. The summed E-state index contributed by atoms with van der Waals surface area (Å²) in [5.74, 6) is 0. The average molecular weight is 322 g/mol. The standard InChI is InChI=1S/C15H18N2O4S/c16-10-15(7-1-2-8-15)17-22(19,20)12-4-5-13-11(9-12)3-6-14(18)21-13/h3-6,9,17H,1-2,7-8,10,16H2. The molecule has 1 aromatic heterocycles. The third-order valence-corrected chi connectivity index (χ3v) is 5.78. The van der Waals surface area contributed by atoms with Crippen molar-refractivity contribution in [1.29, 1.82) is 0 Å². The summed E-state index contributed by atoms with van der Waals surface area (Å²) >= 11 is 0. The molecule has 0 spiro atoms. The minimum absolute atomic E-state index is 0.147. The molecule has 0 aliphatic heterocycles. The van der Waals surface area contributed by atoms with Gasteiger partial charge in [0.15, 0.2) is 0 Å². The van der Waals surface area contributed by atoms with E-state index >= 15 is 0 Å². The minimum Gasteiger partial charge on any atom is -0.423 e. The zero-order chi connectivity index (χ0) is 15.8. The molecule has 1 saturated carbocycles. The fourth-order valence-electron chi connectivity index (χ4n) is 2.96. The zero-order valence-corrected chi connectivity index (χ0v) is 12.9. The quantitative estimate of drug-likeness (QED) is 0.827. The topological polar surface area (TPSA) is 102 Å². The lowest BCUT2D eigenvalue weighted by atomic mass is 10.0. The van der Waals surface area contributed by atoms with E-state index in [1.165, 1.54) is 24.3 Å². The van der Waals surface area contributed by atoms with Crippen molar-refractivity contribution in [2.24, 2.45) is 5.73 Å². The Hall–Kier alpha value is -1.70. The molecule has 1 fully saturated rings. The molecule has 2 aromatic rings. The van der Waals surface area contributed by atoms with Crippen LogP contribution in [-0.4, -0.2) is 20.5 Å². The number of hydrogen-bond donors (Lipinski definition) is 2. The van der Waals surface area contributed by atoms with Crippen molar-refractivity contribution in [2.75, 3.05) is 6.54 Å². The molecular formula is C15H18N2O4S. The van der Waals surface area contributed by atoms with E-state index in [0.717, 1.165) is 25.7 Å². The molecule has 1 aliphatic rings. The fourth-order valence-corrected chi connectivity index (χ4v) is 4.47. The van der Waals surface area contributed by atoms with Crippen molar-refractivity contribution >= 4 is 21.0 Å². The third kappa shape index (κ3) is 2.79. The Morgan fingerprint density at radius 2 is 1.91 bits per heavy atom. The lowest BCUT2D eigenvalue weighted by molar-refractivity contribution is 0.399. The van der Waals surface area contributed by atoms with Gasteiger partial charge in [-0.1, -0.05) is 12.8 Å². The average Bonchev–Trinajstić information content (AvgIpc) is 2.95. The predicted molar refractivity (Wildman–Crippen MR) is 83.1 cm³/mol. The number of sulfonamides is 1. The van der Waals surface area contributed by atoms with Crippen molar-refractivity contribution in [3.8, 4) is 0 Å². The smallest absolute Gasteiger partial charge is 0.336 e. The van der Waals surface area contributed by atoms with Crippen LogP contribution in [0, 0.1) is 0 Å². The van der Waals surface area contributed by atoms with Gasteiger partial charge in [-0.25, -0.2) is 17.9 Å². The van der Waals surface area contributed by atoms with Crippen LogP contribution in [0.1, 0.15) is 25.7 Å². The van der Waals surface area contributed by atoms with Gasteiger partial charge in [-0.05, 0) is 37.1 Å². The van der Waals surface area contributed by atoms with E-state index in [1.54, 1.807) is 6.07 Å². The number of fused-ring (bicyclic) bond motifs is 1. The predicted octanol–water partition coefficient (Wildman–Crippen LogP) is 1.34. The number of nitrogens with two attached hydrogens (primary N) is 1. The van der Waals surface area contributed by atoms with Gasteiger partial charge in [0.1, 0.15) is 5.58 Å². The monoisotopic (exact) mass is 322 g/mol. The van der Waals surface area contributed by atoms with Crippen LogP contribution in [0.3, 0.4) is 0 Å². The van der Waals surface area contributed by atoms with Crippen LogP contribution < -0.4 is 16.1 Å². The molecule has 0 saturated heterocycles. The largest absolute Gasteiger partial charge is 0.423 e. The molecule has 0 amide bonds. The van der Waals surface area contributed by atoms with Gasteiger partial charge in [-0.15, -0.1) is 0 Å². The van der Waals surface area contributed by atoms with Crippen LogP contribution in [0.2, 0.25) is 0 Å². The van der Waals surface area contributed by atoms with Gasteiger partial charge in [0.05, 0.1) is 4.90 Å². The van der Waals surface area contributed by atoms with E-state index < -0.39 is 21.2 Å². The van der Waals surface area contributed by atoms with E-state index in [4.69, 9.17) is 10.2 Å². The van der Waals surface area contributed by atoms with Crippen molar-refractivity contribution in [1.82, 2.24) is 4.72 Å². The highest BCUT2D eigenvalue weighted by Crippen LogP contribution is 2.30. The summed E-state index contributed by atoms with van der Waals surface area (Å²) < 4.78 is 33.0. The summed E-state index contributed by atoms with van der Waals surface area (Å²) in [6.07, 6.45) is 3.46. The number of nitrogens with one attached hydrogen (secondary N) is 1. The Kier molecular flexibility index (Phi) is 3.80. The molecule has 3 rings (SSSR count). The highest BCUT2D eigenvalue weighted by atomic mass is 32.2. The summed E-state index contributed by atoms with van der Waals surface area (Å²) in [5.41, 5.74) is 5.14. The summed E-state index contributed by atoms with van der Waals surface area (Å²) in [6.45, 7) is 0.286. The molecule has 22 heavy (non-hydrogen) atoms. The maximum absolute atomic E-state index is 12.6. The molecular weight excluding hydrogens is 304 g/mol. The van der Waals surface area contributed by atoms with Crippen molar-refractivity contribution < 1.29 is 12.8 Å². The van der Waals surface area contributed by atoms with Gasteiger partial charge < -0.3 is 10.2 Å².